The summed E-state index contributed by atoms with van der Waals surface area (Å²) in [6.45, 7) is 3.13. The molecule has 0 aromatic carbocycles. The molecule has 2 aromatic rings. The summed E-state index contributed by atoms with van der Waals surface area (Å²) in [4.78, 5) is 16.5. The van der Waals surface area contributed by atoms with E-state index in [2.05, 4.69) is 21.2 Å². The van der Waals surface area contributed by atoms with Gasteiger partial charge in [0.15, 0.2) is 5.82 Å². The van der Waals surface area contributed by atoms with Crippen molar-refractivity contribution in [3.8, 4) is 0 Å². The number of piperazine rings is 1. The Morgan fingerprint density at radius 1 is 1.14 bits per heavy atom. The number of carbonyl (C=O) groups is 1. The van der Waals surface area contributed by atoms with Crippen LogP contribution in [-0.4, -0.2) is 47.2 Å². The zero-order chi connectivity index (χ0) is 14.9. The highest BCUT2D eigenvalue weighted by Crippen LogP contribution is 2.23. The van der Waals surface area contributed by atoms with E-state index in [1.807, 2.05) is 21.7 Å². The lowest BCUT2D eigenvalue weighted by Crippen LogP contribution is -2.49. The molecular formula is C16H18N4OS. The highest BCUT2D eigenvalue weighted by Gasteiger charge is 2.24. The fourth-order valence-corrected chi connectivity index (χ4v) is 3.81. The molecular weight excluding hydrogens is 296 g/mol. The monoisotopic (exact) mass is 314 g/mol. The molecule has 22 heavy (non-hydrogen) atoms. The first-order valence-electron chi connectivity index (χ1n) is 7.73. The molecule has 3 heterocycles. The topological polar surface area (TPSA) is 49.3 Å². The van der Waals surface area contributed by atoms with Crippen molar-refractivity contribution in [3.05, 3.63) is 39.7 Å². The highest BCUT2D eigenvalue weighted by atomic mass is 32.1. The molecule has 0 spiro atoms. The van der Waals surface area contributed by atoms with Crippen LogP contribution in [0.5, 0.6) is 0 Å². The smallest absolute Gasteiger partial charge is 0.254 e. The Balaban J connectivity index is 1.42. The summed E-state index contributed by atoms with van der Waals surface area (Å²) in [6.07, 6.45) is 3.37. The Bertz CT molecular complexity index is 677. The normalized spacial score (nSPS) is 17.6. The zero-order valence-corrected chi connectivity index (χ0v) is 13.2. The van der Waals surface area contributed by atoms with Crippen molar-refractivity contribution in [1.29, 1.82) is 0 Å². The minimum atomic E-state index is 0.140. The third kappa shape index (κ3) is 2.47. The molecule has 0 unspecified atom stereocenters. The van der Waals surface area contributed by atoms with Crippen LogP contribution in [0.15, 0.2) is 22.9 Å². The molecule has 1 saturated heterocycles. The number of anilines is 1. The van der Waals surface area contributed by atoms with E-state index in [0.717, 1.165) is 56.1 Å². The number of hydrogen-bond acceptors (Lipinski definition) is 5. The third-order valence-corrected chi connectivity index (χ3v) is 5.15. The quantitative estimate of drug-likeness (QED) is 0.850. The SMILES string of the molecule is O=C(c1ccsc1)N1CCN(c2cc3c(nn2)CCC3)CC1. The van der Waals surface area contributed by atoms with Crippen LogP contribution in [0.4, 0.5) is 5.82 Å². The summed E-state index contributed by atoms with van der Waals surface area (Å²) in [5, 5.41) is 12.6. The second-order valence-electron chi connectivity index (χ2n) is 5.82. The molecule has 5 nitrogen and oxygen atoms in total. The van der Waals surface area contributed by atoms with E-state index in [4.69, 9.17) is 0 Å². The van der Waals surface area contributed by atoms with Gasteiger partial charge in [-0.2, -0.15) is 16.4 Å². The summed E-state index contributed by atoms with van der Waals surface area (Å²) >= 11 is 1.56. The number of thiophene rings is 1. The lowest BCUT2D eigenvalue weighted by atomic mass is 10.2. The predicted octanol–water partition coefficient (Wildman–Crippen LogP) is 1.99. The maximum atomic E-state index is 12.3. The molecule has 0 N–H and O–H groups in total. The van der Waals surface area contributed by atoms with Crippen molar-refractivity contribution in [3.63, 3.8) is 0 Å². The second-order valence-corrected chi connectivity index (χ2v) is 6.60. The zero-order valence-electron chi connectivity index (χ0n) is 12.4. The number of rotatable bonds is 2. The van der Waals surface area contributed by atoms with Gasteiger partial charge in [0.25, 0.3) is 5.91 Å². The van der Waals surface area contributed by atoms with Gasteiger partial charge in [0, 0.05) is 31.6 Å². The van der Waals surface area contributed by atoms with Crippen LogP contribution in [0.25, 0.3) is 0 Å². The van der Waals surface area contributed by atoms with Crippen LogP contribution in [0, 0.1) is 0 Å². The molecule has 1 aliphatic heterocycles. The van der Waals surface area contributed by atoms with Crippen LogP contribution in [0.3, 0.4) is 0 Å². The Kier molecular flexibility index (Phi) is 3.54. The fraction of sp³-hybridized carbons (Fsp3) is 0.438. The Hall–Kier alpha value is -1.95. The molecule has 2 aliphatic rings. The number of hydrogen-bond donors (Lipinski definition) is 0. The fourth-order valence-electron chi connectivity index (χ4n) is 3.18. The second kappa shape index (κ2) is 5.68. The third-order valence-electron chi connectivity index (χ3n) is 4.47. The van der Waals surface area contributed by atoms with E-state index >= 15 is 0 Å². The molecule has 114 valence electrons. The number of fused-ring (bicyclic) bond motifs is 1. The van der Waals surface area contributed by atoms with Crippen molar-refractivity contribution in [2.75, 3.05) is 31.1 Å². The van der Waals surface area contributed by atoms with Crippen molar-refractivity contribution in [2.24, 2.45) is 0 Å². The van der Waals surface area contributed by atoms with E-state index in [1.54, 1.807) is 11.3 Å². The van der Waals surface area contributed by atoms with Crippen molar-refractivity contribution >= 4 is 23.1 Å². The van der Waals surface area contributed by atoms with E-state index in [-0.39, 0.29) is 5.91 Å². The van der Waals surface area contributed by atoms with Crippen LogP contribution < -0.4 is 4.90 Å². The molecule has 6 heteroatoms. The lowest BCUT2D eigenvalue weighted by molar-refractivity contribution is 0.0747. The van der Waals surface area contributed by atoms with E-state index in [0.29, 0.717) is 0 Å². The number of amides is 1. The van der Waals surface area contributed by atoms with Crippen LogP contribution in [0.2, 0.25) is 0 Å². The van der Waals surface area contributed by atoms with Gasteiger partial charge in [0.1, 0.15) is 0 Å². The summed E-state index contributed by atoms with van der Waals surface area (Å²) in [5.74, 6) is 1.10. The van der Waals surface area contributed by atoms with Gasteiger partial charge in [-0.3, -0.25) is 4.79 Å². The van der Waals surface area contributed by atoms with Gasteiger partial charge >= 0.3 is 0 Å². The first kappa shape index (κ1) is 13.7. The largest absolute Gasteiger partial charge is 0.352 e. The van der Waals surface area contributed by atoms with Crippen molar-refractivity contribution in [2.45, 2.75) is 19.3 Å². The molecule has 2 aromatic heterocycles. The lowest BCUT2D eigenvalue weighted by Gasteiger charge is -2.35. The van der Waals surface area contributed by atoms with Gasteiger partial charge < -0.3 is 9.80 Å². The minimum absolute atomic E-state index is 0.140. The summed E-state index contributed by atoms with van der Waals surface area (Å²) in [7, 11) is 0. The molecule has 0 bridgehead atoms. The number of aryl methyl sites for hydroxylation is 2. The maximum absolute atomic E-state index is 12.3. The first-order chi connectivity index (χ1) is 10.8. The van der Waals surface area contributed by atoms with Gasteiger partial charge in [-0.1, -0.05) is 0 Å². The van der Waals surface area contributed by atoms with Gasteiger partial charge in [-0.25, -0.2) is 0 Å². The first-order valence-corrected chi connectivity index (χ1v) is 8.67. The molecule has 4 rings (SSSR count). The number of aromatic nitrogens is 2. The van der Waals surface area contributed by atoms with Gasteiger partial charge in [0.2, 0.25) is 0 Å². The molecule has 1 aliphatic carbocycles. The van der Waals surface area contributed by atoms with E-state index in [9.17, 15) is 4.79 Å². The average molecular weight is 314 g/mol. The maximum Gasteiger partial charge on any atom is 0.254 e. The molecule has 0 saturated carbocycles. The van der Waals surface area contributed by atoms with Gasteiger partial charge in [-0.15, -0.1) is 5.10 Å². The summed E-state index contributed by atoms with van der Waals surface area (Å²) in [6, 6.07) is 4.08. The van der Waals surface area contributed by atoms with E-state index in [1.165, 1.54) is 12.0 Å². The Labute approximate surface area is 133 Å². The van der Waals surface area contributed by atoms with Crippen molar-refractivity contribution < 1.29 is 4.79 Å². The molecule has 0 atom stereocenters. The molecule has 1 amide bonds. The number of carbonyl (C=O) groups excluding carboxylic acids is 1. The van der Waals surface area contributed by atoms with E-state index < -0.39 is 0 Å². The van der Waals surface area contributed by atoms with Crippen LogP contribution in [-0.2, 0) is 12.8 Å². The Morgan fingerprint density at radius 3 is 2.77 bits per heavy atom. The highest BCUT2D eigenvalue weighted by molar-refractivity contribution is 7.08. The van der Waals surface area contributed by atoms with Crippen LogP contribution in [0.1, 0.15) is 28.0 Å². The standard InChI is InChI=1S/C16H18N4OS/c21-16(13-4-9-22-11-13)20-7-5-19(6-8-20)15-10-12-2-1-3-14(12)17-18-15/h4,9-11H,1-3,5-8H2. The number of nitrogens with zero attached hydrogens (tertiary/aromatic N) is 4. The summed E-state index contributed by atoms with van der Waals surface area (Å²) < 4.78 is 0. The predicted molar refractivity (Wildman–Crippen MR) is 86.5 cm³/mol. The Morgan fingerprint density at radius 2 is 2.00 bits per heavy atom. The van der Waals surface area contributed by atoms with Crippen molar-refractivity contribution in [1.82, 2.24) is 15.1 Å². The summed E-state index contributed by atoms with van der Waals surface area (Å²) in [5.41, 5.74) is 3.31. The molecule has 1 fully saturated rings. The average Bonchev–Trinajstić information content (AvgIpc) is 3.25. The minimum Gasteiger partial charge on any atom is -0.352 e. The molecule has 0 radical (unpaired) electrons. The van der Waals surface area contributed by atoms with Crippen LogP contribution >= 0.6 is 11.3 Å². The van der Waals surface area contributed by atoms with Gasteiger partial charge in [-0.05, 0) is 42.3 Å². The van der Waals surface area contributed by atoms with Gasteiger partial charge in [0.05, 0.1) is 11.3 Å².